The molecule has 0 amide bonds. The van der Waals surface area contributed by atoms with Crippen LogP contribution in [0.4, 0.5) is 0 Å². The number of rotatable bonds is 6. The van der Waals surface area contributed by atoms with Gasteiger partial charge in [0.2, 0.25) is 5.89 Å². The Morgan fingerprint density at radius 3 is 2.79 bits per heavy atom. The monoisotopic (exact) mass is 263 g/mol. The molecule has 0 aliphatic rings. The largest absolute Gasteiger partial charge is 0.508 e. The molecule has 3 N–H and O–H groups in total. The molecule has 0 spiro atoms. The van der Waals surface area contributed by atoms with Crippen LogP contribution >= 0.6 is 0 Å². The van der Waals surface area contributed by atoms with Crippen molar-refractivity contribution in [2.24, 2.45) is 5.73 Å². The molecule has 19 heavy (non-hydrogen) atoms. The Morgan fingerprint density at radius 1 is 1.37 bits per heavy atom. The number of hydrogen-bond donors (Lipinski definition) is 2. The third-order valence-electron chi connectivity index (χ3n) is 2.72. The van der Waals surface area contributed by atoms with Crippen molar-refractivity contribution < 1.29 is 14.4 Å². The van der Waals surface area contributed by atoms with Crippen LogP contribution in [0.3, 0.4) is 0 Å². The molecular weight excluding hydrogens is 246 g/mol. The van der Waals surface area contributed by atoms with Gasteiger partial charge in [0.25, 0.3) is 0 Å². The first-order valence-corrected chi connectivity index (χ1v) is 6.04. The molecule has 0 radical (unpaired) electrons. The van der Waals surface area contributed by atoms with Crippen LogP contribution in [-0.2, 0) is 17.6 Å². The molecular formula is C13H17N3O3. The van der Waals surface area contributed by atoms with Crippen molar-refractivity contribution in [1.29, 1.82) is 0 Å². The zero-order valence-electron chi connectivity index (χ0n) is 10.7. The van der Waals surface area contributed by atoms with Crippen molar-refractivity contribution in [2.45, 2.75) is 18.9 Å². The highest BCUT2D eigenvalue weighted by Gasteiger charge is 2.15. The quantitative estimate of drug-likeness (QED) is 0.813. The van der Waals surface area contributed by atoms with Gasteiger partial charge in [0.15, 0.2) is 5.82 Å². The van der Waals surface area contributed by atoms with Gasteiger partial charge in [-0.1, -0.05) is 17.3 Å². The highest BCUT2D eigenvalue weighted by molar-refractivity contribution is 5.26. The maximum Gasteiger partial charge on any atom is 0.243 e. The highest BCUT2D eigenvalue weighted by atomic mass is 16.5. The lowest BCUT2D eigenvalue weighted by Gasteiger charge is -2.06. The summed E-state index contributed by atoms with van der Waals surface area (Å²) in [5.74, 6) is 1.24. The Labute approximate surface area is 111 Å². The molecule has 1 heterocycles. The molecule has 6 heteroatoms. The zero-order valence-corrected chi connectivity index (χ0v) is 10.7. The zero-order chi connectivity index (χ0) is 13.7. The van der Waals surface area contributed by atoms with Gasteiger partial charge < -0.3 is 20.1 Å². The number of methoxy groups -OCH3 is 1. The minimum absolute atomic E-state index is 0.233. The van der Waals surface area contributed by atoms with Crippen molar-refractivity contribution in [1.82, 2.24) is 10.1 Å². The molecule has 0 bridgehead atoms. The van der Waals surface area contributed by atoms with Crippen molar-refractivity contribution >= 4 is 0 Å². The van der Waals surface area contributed by atoms with Crippen LogP contribution in [0.1, 0.15) is 23.3 Å². The van der Waals surface area contributed by atoms with E-state index in [1.807, 2.05) is 12.1 Å². The van der Waals surface area contributed by atoms with Crippen molar-refractivity contribution in [3.8, 4) is 5.75 Å². The fourth-order valence-corrected chi connectivity index (χ4v) is 1.69. The van der Waals surface area contributed by atoms with Crippen LogP contribution in [0.2, 0.25) is 0 Å². The summed E-state index contributed by atoms with van der Waals surface area (Å²) in [5.41, 5.74) is 7.02. The Kier molecular flexibility index (Phi) is 4.48. The Morgan fingerprint density at radius 2 is 2.11 bits per heavy atom. The molecule has 0 saturated heterocycles. The number of nitrogens with zero attached hydrogens (tertiary/aromatic N) is 2. The van der Waals surface area contributed by atoms with Gasteiger partial charge in [-0.25, -0.2) is 0 Å². The van der Waals surface area contributed by atoms with Crippen molar-refractivity contribution in [2.75, 3.05) is 13.7 Å². The van der Waals surface area contributed by atoms with Gasteiger partial charge in [0, 0.05) is 13.5 Å². The maximum atomic E-state index is 9.21. The minimum Gasteiger partial charge on any atom is -0.508 e. The predicted molar refractivity (Wildman–Crippen MR) is 68.6 cm³/mol. The molecule has 0 aliphatic heterocycles. The minimum atomic E-state index is -0.353. The first-order chi connectivity index (χ1) is 9.19. The summed E-state index contributed by atoms with van der Waals surface area (Å²) in [5, 5.41) is 13.1. The van der Waals surface area contributed by atoms with Crippen LogP contribution in [0.5, 0.6) is 5.75 Å². The number of hydrogen-bond acceptors (Lipinski definition) is 6. The Bertz CT molecular complexity index is 510. The van der Waals surface area contributed by atoms with E-state index in [0.717, 1.165) is 5.56 Å². The van der Waals surface area contributed by atoms with Crippen LogP contribution in [0.25, 0.3) is 0 Å². The van der Waals surface area contributed by atoms with E-state index >= 15 is 0 Å². The van der Waals surface area contributed by atoms with Gasteiger partial charge in [0.05, 0.1) is 12.6 Å². The van der Waals surface area contributed by atoms with Gasteiger partial charge in [-0.05, 0) is 24.1 Å². The predicted octanol–water partition coefficient (Wildman–Crippen LogP) is 1.21. The summed E-state index contributed by atoms with van der Waals surface area (Å²) in [4.78, 5) is 4.23. The van der Waals surface area contributed by atoms with E-state index < -0.39 is 0 Å². The summed E-state index contributed by atoms with van der Waals surface area (Å²) >= 11 is 0. The molecule has 102 valence electrons. The van der Waals surface area contributed by atoms with Gasteiger partial charge in [-0.2, -0.15) is 4.98 Å². The Balaban J connectivity index is 1.97. The molecule has 2 aromatic rings. The lowest BCUT2D eigenvalue weighted by atomic mass is 10.1. The maximum absolute atomic E-state index is 9.21. The average molecular weight is 263 g/mol. The van der Waals surface area contributed by atoms with Crippen LogP contribution in [0.15, 0.2) is 28.8 Å². The van der Waals surface area contributed by atoms with Crippen molar-refractivity contribution in [3.63, 3.8) is 0 Å². The molecule has 1 aromatic carbocycles. The standard InChI is InChI=1S/C13H17N3O3/c1-18-7-6-12-15-13(19-16-12)11(14)8-9-2-4-10(17)5-3-9/h2-5,11,17H,6-8,14H2,1H3/t11-/m1/s1. The first-order valence-electron chi connectivity index (χ1n) is 6.04. The van der Waals surface area contributed by atoms with E-state index in [1.165, 1.54) is 0 Å². The summed E-state index contributed by atoms with van der Waals surface area (Å²) in [6.45, 7) is 0.548. The Hall–Kier alpha value is -1.92. The van der Waals surface area contributed by atoms with Gasteiger partial charge >= 0.3 is 0 Å². The van der Waals surface area contributed by atoms with Crippen LogP contribution < -0.4 is 5.73 Å². The lowest BCUT2D eigenvalue weighted by Crippen LogP contribution is -2.14. The second kappa shape index (κ2) is 6.31. The van der Waals surface area contributed by atoms with E-state index in [9.17, 15) is 5.11 Å². The number of aromatic hydroxyl groups is 1. The first kappa shape index (κ1) is 13.5. The fraction of sp³-hybridized carbons (Fsp3) is 0.385. The number of aromatic nitrogens is 2. The normalized spacial score (nSPS) is 12.5. The number of phenolic OH excluding ortho intramolecular Hbond substituents is 1. The third kappa shape index (κ3) is 3.77. The smallest absolute Gasteiger partial charge is 0.243 e. The second-order valence-corrected chi connectivity index (χ2v) is 4.27. The molecule has 0 unspecified atom stereocenters. The summed E-state index contributed by atoms with van der Waals surface area (Å²) in [7, 11) is 1.62. The number of phenols is 1. The van der Waals surface area contributed by atoms with Gasteiger partial charge in [-0.3, -0.25) is 0 Å². The summed E-state index contributed by atoms with van der Waals surface area (Å²) < 4.78 is 10.1. The summed E-state index contributed by atoms with van der Waals surface area (Å²) in [6, 6.07) is 6.53. The third-order valence-corrected chi connectivity index (χ3v) is 2.72. The van der Waals surface area contributed by atoms with Crippen LogP contribution in [0, 0.1) is 0 Å². The lowest BCUT2D eigenvalue weighted by molar-refractivity contribution is 0.199. The molecule has 6 nitrogen and oxygen atoms in total. The molecule has 1 aromatic heterocycles. The van der Waals surface area contributed by atoms with E-state index in [4.69, 9.17) is 15.0 Å². The molecule has 0 fully saturated rings. The molecule has 0 saturated carbocycles. The fourth-order valence-electron chi connectivity index (χ4n) is 1.69. The highest BCUT2D eigenvalue weighted by Crippen LogP contribution is 2.17. The number of ether oxygens (including phenoxy) is 1. The van der Waals surface area contributed by atoms with Gasteiger partial charge in [-0.15, -0.1) is 0 Å². The van der Waals surface area contributed by atoms with E-state index in [1.54, 1.807) is 19.2 Å². The molecule has 1 atom stereocenters. The van der Waals surface area contributed by atoms with E-state index in [2.05, 4.69) is 10.1 Å². The van der Waals surface area contributed by atoms with Gasteiger partial charge in [0.1, 0.15) is 5.75 Å². The SMILES string of the molecule is COCCc1noc([C@H](N)Cc2ccc(O)cc2)n1. The second-order valence-electron chi connectivity index (χ2n) is 4.27. The van der Waals surface area contributed by atoms with E-state index in [-0.39, 0.29) is 11.8 Å². The van der Waals surface area contributed by atoms with E-state index in [0.29, 0.717) is 31.2 Å². The topological polar surface area (TPSA) is 94.4 Å². The average Bonchev–Trinajstić information content (AvgIpc) is 2.88. The summed E-state index contributed by atoms with van der Waals surface area (Å²) in [6.07, 6.45) is 1.18. The van der Waals surface area contributed by atoms with Crippen molar-refractivity contribution in [3.05, 3.63) is 41.5 Å². The number of nitrogens with two attached hydrogens (primary N) is 1. The number of benzene rings is 1. The molecule has 0 aliphatic carbocycles. The molecule has 2 rings (SSSR count). The van der Waals surface area contributed by atoms with Crippen LogP contribution in [-0.4, -0.2) is 29.0 Å².